The van der Waals surface area contributed by atoms with Gasteiger partial charge in [-0.1, -0.05) is 29.4 Å². The van der Waals surface area contributed by atoms with Crippen molar-refractivity contribution in [3.05, 3.63) is 71.3 Å². The Hall–Kier alpha value is -2.27. The van der Waals surface area contributed by atoms with Crippen molar-refractivity contribution in [2.75, 3.05) is 7.11 Å². The van der Waals surface area contributed by atoms with Gasteiger partial charge in [-0.3, -0.25) is 0 Å². The van der Waals surface area contributed by atoms with Crippen LogP contribution in [0.25, 0.3) is 0 Å². The molecule has 0 aliphatic rings. The first-order chi connectivity index (χ1) is 9.65. The minimum absolute atomic E-state index is 0.221. The van der Waals surface area contributed by atoms with Crippen molar-refractivity contribution in [3.8, 4) is 0 Å². The van der Waals surface area contributed by atoms with Crippen molar-refractivity contribution >= 4 is 5.71 Å². The van der Waals surface area contributed by atoms with Crippen molar-refractivity contribution in [2.45, 2.75) is 6.10 Å². The highest BCUT2D eigenvalue weighted by Gasteiger charge is 2.20. The van der Waals surface area contributed by atoms with E-state index in [1.54, 1.807) is 0 Å². The molecule has 104 valence electrons. The first kappa shape index (κ1) is 14.1. The van der Waals surface area contributed by atoms with Gasteiger partial charge in [0, 0.05) is 12.7 Å². The van der Waals surface area contributed by atoms with Crippen LogP contribution in [0.2, 0.25) is 0 Å². The maximum absolute atomic E-state index is 12.9. The number of methoxy groups -OCH3 is 1. The fraction of sp³-hybridized carbons (Fsp3) is 0.133. The molecule has 0 heterocycles. The number of halogens is 2. The monoisotopic (exact) mass is 277 g/mol. The smallest absolute Gasteiger partial charge is 0.128 e. The topological polar surface area (TPSA) is 41.8 Å². The van der Waals surface area contributed by atoms with Crippen LogP contribution in [0.15, 0.2) is 53.7 Å². The number of benzene rings is 2. The summed E-state index contributed by atoms with van der Waals surface area (Å²) in [7, 11) is 1.45. The normalized spacial score (nSPS) is 13.2. The third-order valence-electron chi connectivity index (χ3n) is 2.90. The van der Waals surface area contributed by atoms with E-state index >= 15 is 0 Å². The molecule has 2 aromatic rings. The van der Waals surface area contributed by atoms with Crippen LogP contribution in [0.4, 0.5) is 8.78 Å². The molecule has 3 nitrogen and oxygen atoms in total. The Labute approximate surface area is 115 Å². The van der Waals surface area contributed by atoms with Crippen molar-refractivity contribution in [1.29, 1.82) is 0 Å². The number of rotatable bonds is 4. The Morgan fingerprint density at radius 3 is 1.95 bits per heavy atom. The van der Waals surface area contributed by atoms with E-state index in [9.17, 15) is 14.0 Å². The fourth-order valence-corrected chi connectivity index (χ4v) is 1.93. The molecular formula is C15H13F2NO2. The van der Waals surface area contributed by atoms with Gasteiger partial charge in [-0.05, 0) is 29.8 Å². The maximum atomic E-state index is 12.9. The lowest BCUT2D eigenvalue weighted by Crippen LogP contribution is -2.16. The standard InChI is InChI=1S/C15H13F2NO2/c1-20-15(11-4-8-13(17)9-5-11)14(18-19)10-2-6-12(16)7-3-10/h2-9,15,19H,1H3. The molecule has 0 aromatic heterocycles. The molecule has 0 aliphatic carbocycles. The number of nitrogens with zero attached hydrogens (tertiary/aromatic N) is 1. The van der Waals surface area contributed by atoms with Gasteiger partial charge in [0.25, 0.3) is 0 Å². The molecule has 0 saturated heterocycles. The predicted octanol–water partition coefficient (Wildman–Crippen LogP) is 3.53. The summed E-state index contributed by atoms with van der Waals surface area (Å²) >= 11 is 0. The van der Waals surface area contributed by atoms with Gasteiger partial charge >= 0.3 is 0 Å². The van der Waals surface area contributed by atoms with Gasteiger partial charge in [0.15, 0.2) is 0 Å². The highest BCUT2D eigenvalue weighted by molar-refractivity contribution is 6.03. The molecule has 1 N–H and O–H groups in total. The van der Waals surface area contributed by atoms with E-state index in [0.29, 0.717) is 11.1 Å². The Morgan fingerprint density at radius 1 is 1.00 bits per heavy atom. The lowest BCUT2D eigenvalue weighted by molar-refractivity contribution is 0.153. The van der Waals surface area contributed by atoms with E-state index in [1.165, 1.54) is 55.6 Å². The quantitative estimate of drug-likeness (QED) is 0.527. The summed E-state index contributed by atoms with van der Waals surface area (Å²) in [5, 5.41) is 12.4. The summed E-state index contributed by atoms with van der Waals surface area (Å²) in [6.07, 6.45) is -0.675. The van der Waals surface area contributed by atoms with Crippen LogP contribution in [0.3, 0.4) is 0 Å². The van der Waals surface area contributed by atoms with E-state index < -0.39 is 6.10 Å². The maximum Gasteiger partial charge on any atom is 0.128 e. The average Bonchev–Trinajstić information content (AvgIpc) is 2.47. The number of hydrogen-bond acceptors (Lipinski definition) is 3. The molecule has 0 radical (unpaired) electrons. The van der Waals surface area contributed by atoms with Crippen LogP contribution in [0.1, 0.15) is 17.2 Å². The first-order valence-electron chi connectivity index (χ1n) is 5.92. The Kier molecular flexibility index (Phi) is 4.42. The number of ether oxygens (including phenoxy) is 1. The second kappa shape index (κ2) is 6.25. The molecule has 0 saturated carbocycles. The molecule has 0 bridgehead atoms. The summed E-state index contributed by atoms with van der Waals surface area (Å²) in [6, 6.07) is 11.2. The minimum Gasteiger partial charge on any atom is -0.411 e. The van der Waals surface area contributed by atoms with Gasteiger partial charge in [0.1, 0.15) is 23.5 Å². The van der Waals surface area contributed by atoms with E-state index in [1.807, 2.05) is 0 Å². The predicted molar refractivity (Wildman–Crippen MR) is 70.9 cm³/mol. The summed E-state index contributed by atoms with van der Waals surface area (Å²) in [6.45, 7) is 0. The first-order valence-corrected chi connectivity index (χ1v) is 5.92. The van der Waals surface area contributed by atoms with Crippen molar-refractivity contribution in [2.24, 2.45) is 5.16 Å². The zero-order valence-corrected chi connectivity index (χ0v) is 10.8. The zero-order valence-electron chi connectivity index (χ0n) is 10.8. The van der Waals surface area contributed by atoms with Gasteiger partial charge in [-0.2, -0.15) is 0 Å². The summed E-state index contributed by atoms with van der Waals surface area (Å²) in [5.74, 6) is -0.755. The van der Waals surface area contributed by atoms with Gasteiger partial charge < -0.3 is 9.94 Å². The molecule has 20 heavy (non-hydrogen) atoms. The van der Waals surface area contributed by atoms with Crippen LogP contribution in [0, 0.1) is 11.6 Å². The number of hydrogen-bond donors (Lipinski definition) is 1. The third-order valence-corrected chi connectivity index (χ3v) is 2.90. The highest BCUT2D eigenvalue weighted by Crippen LogP contribution is 2.23. The Bertz CT molecular complexity index is 594. The van der Waals surface area contributed by atoms with E-state index in [0.717, 1.165) is 0 Å². The lowest BCUT2D eigenvalue weighted by atomic mass is 9.99. The molecule has 0 amide bonds. The van der Waals surface area contributed by atoms with Crippen LogP contribution in [0.5, 0.6) is 0 Å². The molecule has 0 fully saturated rings. The Balaban J connectivity index is 2.38. The molecule has 5 heteroatoms. The number of oxime groups is 1. The average molecular weight is 277 g/mol. The van der Waals surface area contributed by atoms with Gasteiger partial charge in [-0.25, -0.2) is 8.78 Å². The zero-order chi connectivity index (χ0) is 14.5. The largest absolute Gasteiger partial charge is 0.411 e. The molecule has 2 rings (SSSR count). The highest BCUT2D eigenvalue weighted by atomic mass is 19.1. The van der Waals surface area contributed by atoms with Gasteiger partial charge in [0.05, 0.1) is 0 Å². The van der Waals surface area contributed by atoms with E-state index in [-0.39, 0.29) is 17.3 Å². The minimum atomic E-state index is -0.675. The second-order valence-corrected chi connectivity index (χ2v) is 4.16. The second-order valence-electron chi connectivity index (χ2n) is 4.16. The summed E-state index contributed by atoms with van der Waals surface area (Å²) in [4.78, 5) is 0. The molecule has 1 unspecified atom stereocenters. The summed E-state index contributed by atoms with van der Waals surface area (Å²) in [5.41, 5.74) is 1.37. The third kappa shape index (κ3) is 3.00. The van der Waals surface area contributed by atoms with Crippen molar-refractivity contribution in [3.63, 3.8) is 0 Å². The van der Waals surface area contributed by atoms with Crippen LogP contribution in [-0.4, -0.2) is 18.0 Å². The SMILES string of the molecule is COC(C(=NO)c1ccc(F)cc1)c1ccc(F)cc1. The lowest BCUT2D eigenvalue weighted by Gasteiger charge is -2.17. The molecule has 1 atom stereocenters. The van der Waals surface area contributed by atoms with Gasteiger partial charge in [-0.15, -0.1) is 0 Å². The molecule has 2 aromatic carbocycles. The van der Waals surface area contributed by atoms with Gasteiger partial charge in [0.2, 0.25) is 0 Å². The summed E-state index contributed by atoms with van der Waals surface area (Å²) < 4.78 is 31.2. The fourth-order valence-electron chi connectivity index (χ4n) is 1.93. The van der Waals surface area contributed by atoms with Crippen LogP contribution >= 0.6 is 0 Å². The molecular weight excluding hydrogens is 264 g/mol. The van der Waals surface area contributed by atoms with Crippen LogP contribution in [-0.2, 0) is 4.74 Å². The Morgan fingerprint density at radius 2 is 1.50 bits per heavy atom. The van der Waals surface area contributed by atoms with Crippen molar-refractivity contribution in [1.82, 2.24) is 0 Å². The molecule has 0 spiro atoms. The molecule has 0 aliphatic heterocycles. The van der Waals surface area contributed by atoms with E-state index in [4.69, 9.17) is 4.74 Å². The van der Waals surface area contributed by atoms with Crippen LogP contribution < -0.4 is 0 Å². The van der Waals surface area contributed by atoms with Crippen molar-refractivity contribution < 1.29 is 18.7 Å². The van der Waals surface area contributed by atoms with E-state index in [2.05, 4.69) is 5.16 Å².